The lowest BCUT2D eigenvalue weighted by atomic mass is 10.1. The van der Waals surface area contributed by atoms with Gasteiger partial charge in [0.2, 0.25) is 5.91 Å². The van der Waals surface area contributed by atoms with Crippen LogP contribution in [0.3, 0.4) is 0 Å². The highest BCUT2D eigenvalue weighted by Crippen LogP contribution is 2.28. The van der Waals surface area contributed by atoms with E-state index in [9.17, 15) is 4.79 Å². The molecule has 2 aromatic carbocycles. The van der Waals surface area contributed by atoms with Gasteiger partial charge in [-0.1, -0.05) is 48.0 Å². The molecule has 102 valence electrons. The van der Waals surface area contributed by atoms with Gasteiger partial charge in [0.25, 0.3) is 0 Å². The molecular formula is C18H19NO. The maximum Gasteiger partial charge on any atom is 0.227 e. The van der Waals surface area contributed by atoms with Crippen molar-refractivity contribution in [1.29, 1.82) is 0 Å². The number of para-hydroxylation sites is 1. The molecule has 0 atom stereocenters. The van der Waals surface area contributed by atoms with Gasteiger partial charge in [0.05, 0.1) is 0 Å². The Morgan fingerprint density at radius 1 is 1.10 bits per heavy atom. The topological polar surface area (TPSA) is 20.3 Å². The highest BCUT2D eigenvalue weighted by molar-refractivity contribution is 5.95. The number of aryl methyl sites for hydroxylation is 2. The molecule has 0 saturated heterocycles. The van der Waals surface area contributed by atoms with Gasteiger partial charge in [0.1, 0.15) is 0 Å². The van der Waals surface area contributed by atoms with Crippen LogP contribution in [0.4, 0.5) is 5.69 Å². The zero-order chi connectivity index (χ0) is 13.9. The Labute approximate surface area is 120 Å². The molecule has 0 fully saturated rings. The number of carbonyl (C=O) groups excluding carboxylic acids is 1. The average molecular weight is 265 g/mol. The third-order valence-corrected chi connectivity index (χ3v) is 3.94. The number of fused-ring (bicyclic) bond motifs is 1. The minimum atomic E-state index is 0.232. The second-order valence-corrected chi connectivity index (χ2v) is 5.41. The number of benzene rings is 2. The molecule has 1 heterocycles. The van der Waals surface area contributed by atoms with E-state index in [1.165, 1.54) is 16.7 Å². The number of anilines is 1. The monoisotopic (exact) mass is 265 g/mol. The van der Waals surface area contributed by atoms with Crippen molar-refractivity contribution in [3.05, 3.63) is 65.2 Å². The summed E-state index contributed by atoms with van der Waals surface area (Å²) in [6.45, 7) is 2.90. The van der Waals surface area contributed by atoms with Crippen molar-refractivity contribution in [3.63, 3.8) is 0 Å². The third kappa shape index (κ3) is 2.60. The summed E-state index contributed by atoms with van der Waals surface area (Å²) in [5.41, 5.74) is 4.88. The van der Waals surface area contributed by atoms with Crippen molar-refractivity contribution in [2.24, 2.45) is 0 Å². The van der Waals surface area contributed by atoms with E-state index < -0.39 is 0 Å². The first-order chi connectivity index (χ1) is 9.74. The summed E-state index contributed by atoms with van der Waals surface area (Å²) >= 11 is 0. The summed E-state index contributed by atoms with van der Waals surface area (Å²) in [4.78, 5) is 14.3. The van der Waals surface area contributed by atoms with Crippen molar-refractivity contribution < 1.29 is 4.79 Å². The third-order valence-electron chi connectivity index (χ3n) is 3.94. The van der Waals surface area contributed by atoms with Gasteiger partial charge >= 0.3 is 0 Å². The lowest BCUT2D eigenvalue weighted by molar-refractivity contribution is -0.118. The summed E-state index contributed by atoms with van der Waals surface area (Å²) in [7, 11) is 0. The van der Waals surface area contributed by atoms with Crippen molar-refractivity contribution in [3.8, 4) is 0 Å². The largest absolute Gasteiger partial charge is 0.312 e. The molecule has 0 saturated carbocycles. The predicted molar refractivity (Wildman–Crippen MR) is 82.0 cm³/mol. The highest BCUT2D eigenvalue weighted by atomic mass is 16.2. The molecule has 0 N–H and O–H groups in total. The van der Waals surface area contributed by atoms with Crippen LogP contribution in [0.5, 0.6) is 0 Å². The molecule has 20 heavy (non-hydrogen) atoms. The Kier molecular flexibility index (Phi) is 3.55. The van der Waals surface area contributed by atoms with Crippen LogP contribution >= 0.6 is 0 Å². The van der Waals surface area contributed by atoms with Crippen LogP contribution in [-0.4, -0.2) is 12.5 Å². The van der Waals surface area contributed by atoms with Gasteiger partial charge in [0.15, 0.2) is 0 Å². The zero-order valence-electron chi connectivity index (χ0n) is 11.8. The molecule has 2 nitrogen and oxygen atoms in total. The molecule has 0 spiro atoms. The Morgan fingerprint density at radius 3 is 2.65 bits per heavy atom. The van der Waals surface area contributed by atoms with Gasteiger partial charge in [-0.2, -0.15) is 0 Å². The lowest BCUT2D eigenvalue weighted by Gasteiger charge is -2.17. The van der Waals surface area contributed by atoms with Crippen LogP contribution in [0.2, 0.25) is 0 Å². The molecular weight excluding hydrogens is 246 g/mol. The summed E-state index contributed by atoms with van der Waals surface area (Å²) < 4.78 is 0. The molecule has 0 aromatic heterocycles. The van der Waals surface area contributed by atoms with E-state index in [-0.39, 0.29) is 5.91 Å². The van der Waals surface area contributed by atoms with Gasteiger partial charge in [-0.25, -0.2) is 0 Å². The molecule has 2 aromatic rings. The summed E-state index contributed by atoms with van der Waals surface area (Å²) in [6.07, 6.45) is 2.38. The minimum Gasteiger partial charge on any atom is -0.312 e. The molecule has 2 heteroatoms. The van der Waals surface area contributed by atoms with Crippen LogP contribution < -0.4 is 4.90 Å². The van der Waals surface area contributed by atoms with E-state index in [1.54, 1.807) is 0 Å². The quantitative estimate of drug-likeness (QED) is 0.831. The predicted octanol–water partition coefficient (Wildman–Crippen LogP) is 3.52. The van der Waals surface area contributed by atoms with E-state index >= 15 is 0 Å². The number of hydrogen-bond donors (Lipinski definition) is 0. The molecule has 0 radical (unpaired) electrons. The van der Waals surface area contributed by atoms with E-state index in [0.29, 0.717) is 6.42 Å². The highest BCUT2D eigenvalue weighted by Gasteiger charge is 2.23. The molecule has 0 aliphatic carbocycles. The fourth-order valence-corrected chi connectivity index (χ4v) is 2.74. The number of hydrogen-bond acceptors (Lipinski definition) is 1. The Hall–Kier alpha value is -2.09. The Bertz CT molecular complexity index is 616. The first kappa shape index (κ1) is 12.9. The maximum absolute atomic E-state index is 12.4. The van der Waals surface area contributed by atoms with Crippen LogP contribution in [0, 0.1) is 6.92 Å². The molecule has 0 unspecified atom stereocenters. The van der Waals surface area contributed by atoms with Crippen molar-refractivity contribution in [2.75, 3.05) is 11.4 Å². The van der Waals surface area contributed by atoms with E-state index in [1.807, 2.05) is 23.1 Å². The summed E-state index contributed by atoms with van der Waals surface area (Å²) in [5, 5.41) is 0. The minimum absolute atomic E-state index is 0.232. The van der Waals surface area contributed by atoms with Crippen LogP contribution in [-0.2, 0) is 17.6 Å². The van der Waals surface area contributed by atoms with Crippen LogP contribution in [0.1, 0.15) is 23.1 Å². The average Bonchev–Trinajstić information content (AvgIpc) is 2.90. The second kappa shape index (κ2) is 5.49. The van der Waals surface area contributed by atoms with Gasteiger partial charge in [0, 0.05) is 18.7 Å². The second-order valence-electron chi connectivity index (χ2n) is 5.41. The van der Waals surface area contributed by atoms with E-state index in [2.05, 4.69) is 37.3 Å². The molecule has 1 aliphatic heterocycles. The fourth-order valence-electron chi connectivity index (χ4n) is 2.74. The number of nitrogens with zero attached hydrogens (tertiary/aromatic N) is 1. The van der Waals surface area contributed by atoms with Gasteiger partial charge in [-0.05, 0) is 37.0 Å². The van der Waals surface area contributed by atoms with Gasteiger partial charge in [-0.15, -0.1) is 0 Å². The van der Waals surface area contributed by atoms with Gasteiger partial charge < -0.3 is 4.90 Å². The maximum atomic E-state index is 12.4. The first-order valence-corrected chi connectivity index (χ1v) is 7.18. The zero-order valence-corrected chi connectivity index (χ0v) is 11.8. The standard InChI is InChI=1S/C18H19NO/c1-14-6-8-15(9-7-14)10-11-18(20)19-13-12-16-4-2-3-5-17(16)19/h2-9H,10-13H2,1H3. The SMILES string of the molecule is Cc1ccc(CCC(=O)N2CCc3ccccc32)cc1. The lowest BCUT2D eigenvalue weighted by Crippen LogP contribution is -2.29. The summed E-state index contributed by atoms with van der Waals surface area (Å²) in [5.74, 6) is 0.232. The molecule has 1 aliphatic rings. The first-order valence-electron chi connectivity index (χ1n) is 7.18. The van der Waals surface area contributed by atoms with Crippen LogP contribution in [0.15, 0.2) is 48.5 Å². The van der Waals surface area contributed by atoms with Crippen molar-refractivity contribution in [2.45, 2.75) is 26.2 Å². The normalized spacial score (nSPS) is 13.3. The molecule has 0 bridgehead atoms. The number of rotatable bonds is 3. The fraction of sp³-hybridized carbons (Fsp3) is 0.278. The van der Waals surface area contributed by atoms with Gasteiger partial charge in [-0.3, -0.25) is 4.79 Å². The Morgan fingerprint density at radius 2 is 1.85 bits per heavy atom. The van der Waals surface area contributed by atoms with E-state index in [0.717, 1.165) is 25.1 Å². The number of carbonyl (C=O) groups is 1. The van der Waals surface area contributed by atoms with Crippen LogP contribution in [0.25, 0.3) is 0 Å². The number of amides is 1. The summed E-state index contributed by atoms with van der Waals surface area (Å²) in [6, 6.07) is 16.6. The van der Waals surface area contributed by atoms with Crippen molar-refractivity contribution >= 4 is 11.6 Å². The van der Waals surface area contributed by atoms with Crippen molar-refractivity contribution in [1.82, 2.24) is 0 Å². The van der Waals surface area contributed by atoms with E-state index in [4.69, 9.17) is 0 Å². The smallest absolute Gasteiger partial charge is 0.227 e. The molecule has 1 amide bonds. The Balaban J connectivity index is 1.65. The molecule has 3 rings (SSSR count).